The van der Waals surface area contributed by atoms with Crippen LogP contribution < -0.4 is 0 Å². The number of likely N-dealkylation sites (N-methyl/N-ethyl adjacent to an activating group) is 1. The second-order valence-corrected chi connectivity index (χ2v) is 6.75. The SMILES string of the molecule is Cc1cccc(C)c1CN1C[C@@H](CN(C)CCO)[C@@H](CO)C1. The van der Waals surface area contributed by atoms with Gasteiger partial charge in [0.15, 0.2) is 0 Å². The minimum Gasteiger partial charge on any atom is -0.396 e. The summed E-state index contributed by atoms with van der Waals surface area (Å²) in [5.41, 5.74) is 4.12. The third-order valence-electron chi connectivity index (χ3n) is 4.94. The van der Waals surface area contributed by atoms with Crippen molar-refractivity contribution in [2.75, 3.05) is 46.4 Å². The zero-order valence-corrected chi connectivity index (χ0v) is 14.1. The smallest absolute Gasteiger partial charge is 0.0558 e. The Morgan fingerprint density at radius 2 is 1.77 bits per heavy atom. The molecule has 1 heterocycles. The van der Waals surface area contributed by atoms with Crippen molar-refractivity contribution in [1.29, 1.82) is 0 Å². The molecule has 0 unspecified atom stereocenters. The molecule has 1 saturated heterocycles. The molecule has 4 heteroatoms. The van der Waals surface area contributed by atoms with Gasteiger partial charge < -0.3 is 15.1 Å². The van der Waals surface area contributed by atoms with Crippen LogP contribution in [0.25, 0.3) is 0 Å². The maximum absolute atomic E-state index is 9.68. The van der Waals surface area contributed by atoms with Crippen molar-refractivity contribution in [3.05, 3.63) is 34.9 Å². The van der Waals surface area contributed by atoms with Crippen molar-refractivity contribution in [1.82, 2.24) is 9.80 Å². The van der Waals surface area contributed by atoms with E-state index in [1.807, 2.05) is 7.05 Å². The van der Waals surface area contributed by atoms with Crippen LogP contribution in [0.1, 0.15) is 16.7 Å². The van der Waals surface area contributed by atoms with Gasteiger partial charge in [0.1, 0.15) is 0 Å². The minimum absolute atomic E-state index is 0.194. The van der Waals surface area contributed by atoms with Gasteiger partial charge in [-0.05, 0) is 49.4 Å². The largest absolute Gasteiger partial charge is 0.396 e. The summed E-state index contributed by atoms with van der Waals surface area (Å²) in [6.45, 7) is 9.38. The zero-order chi connectivity index (χ0) is 16.1. The Morgan fingerprint density at radius 1 is 1.14 bits per heavy atom. The van der Waals surface area contributed by atoms with Crippen molar-refractivity contribution in [3.8, 4) is 0 Å². The van der Waals surface area contributed by atoms with Crippen LogP contribution in [-0.4, -0.2) is 66.5 Å². The average Bonchev–Trinajstić information content (AvgIpc) is 2.85. The molecular weight excluding hydrogens is 276 g/mol. The normalized spacial score (nSPS) is 22.6. The summed E-state index contributed by atoms with van der Waals surface area (Å²) in [7, 11) is 2.04. The fraction of sp³-hybridized carbons (Fsp3) is 0.667. The van der Waals surface area contributed by atoms with E-state index in [0.29, 0.717) is 18.4 Å². The summed E-state index contributed by atoms with van der Waals surface area (Å²) in [6, 6.07) is 6.46. The van der Waals surface area contributed by atoms with Gasteiger partial charge in [-0.3, -0.25) is 4.90 Å². The van der Waals surface area contributed by atoms with Crippen LogP contribution in [0.15, 0.2) is 18.2 Å². The minimum atomic E-state index is 0.194. The molecule has 1 aliphatic heterocycles. The molecule has 2 rings (SSSR count). The van der Waals surface area contributed by atoms with Crippen molar-refractivity contribution in [2.45, 2.75) is 20.4 Å². The predicted octanol–water partition coefficient (Wildman–Crippen LogP) is 1.27. The van der Waals surface area contributed by atoms with Gasteiger partial charge in [0, 0.05) is 39.3 Å². The monoisotopic (exact) mass is 306 g/mol. The number of nitrogens with zero attached hydrogens (tertiary/aromatic N) is 2. The summed E-state index contributed by atoms with van der Waals surface area (Å²) in [5.74, 6) is 0.816. The van der Waals surface area contributed by atoms with Crippen LogP contribution in [0.2, 0.25) is 0 Å². The van der Waals surface area contributed by atoms with Gasteiger partial charge in [-0.25, -0.2) is 0 Å². The lowest BCUT2D eigenvalue weighted by Crippen LogP contribution is -2.33. The van der Waals surface area contributed by atoms with Crippen LogP contribution in [-0.2, 0) is 6.54 Å². The molecule has 1 aliphatic rings. The Labute approximate surface area is 134 Å². The maximum Gasteiger partial charge on any atom is 0.0558 e. The van der Waals surface area contributed by atoms with Crippen molar-refractivity contribution >= 4 is 0 Å². The third kappa shape index (κ3) is 4.29. The van der Waals surface area contributed by atoms with Gasteiger partial charge in [-0.1, -0.05) is 18.2 Å². The fourth-order valence-corrected chi connectivity index (χ4v) is 3.56. The molecule has 1 aromatic rings. The van der Waals surface area contributed by atoms with Crippen LogP contribution in [0.5, 0.6) is 0 Å². The summed E-state index contributed by atoms with van der Waals surface area (Å²) >= 11 is 0. The number of likely N-dealkylation sites (tertiary alicyclic amines) is 1. The van der Waals surface area contributed by atoms with E-state index in [1.54, 1.807) is 0 Å². The van der Waals surface area contributed by atoms with Crippen LogP contribution >= 0.6 is 0 Å². The topological polar surface area (TPSA) is 46.9 Å². The molecule has 2 atom stereocenters. The Bertz CT molecular complexity index is 458. The number of aryl methyl sites for hydroxylation is 2. The first-order chi connectivity index (χ1) is 10.5. The van der Waals surface area contributed by atoms with Gasteiger partial charge >= 0.3 is 0 Å². The highest BCUT2D eigenvalue weighted by Crippen LogP contribution is 2.26. The second kappa shape index (κ2) is 8.06. The molecule has 0 radical (unpaired) electrons. The predicted molar refractivity (Wildman–Crippen MR) is 89.8 cm³/mol. The van der Waals surface area contributed by atoms with E-state index < -0.39 is 0 Å². The van der Waals surface area contributed by atoms with E-state index in [4.69, 9.17) is 5.11 Å². The Hall–Kier alpha value is -0.940. The van der Waals surface area contributed by atoms with Crippen LogP contribution in [0.3, 0.4) is 0 Å². The first kappa shape index (κ1) is 17.4. The van der Waals surface area contributed by atoms with Crippen LogP contribution in [0.4, 0.5) is 0 Å². The van der Waals surface area contributed by atoms with Crippen molar-refractivity contribution < 1.29 is 10.2 Å². The zero-order valence-electron chi connectivity index (χ0n) is 14.1. The molecule has 0 bridgehead atoms. The summed E-state index contributed by atoms with van der Waals surface area (Å²) in [6.07, 6.45) is 0. The molecule has 22 heavy (non-hydrogen) atoms. The Morgan fingerprint density at radius 3 is 2.36 bits per heavy atom. The maximum atomic E-state index is 9.68. The quantitative estimate of drug-likeness (QED) is 0.796. The molecule has 1 fully saturated rings. The van der Waals surface area contributed by atoms with Gasteiger partial charge in [0.25, 0.3) is 0 Å². The first-order valence-corrected chi connectivity index (χ1v) is 8.22. The second-order valence-electron chi connectivity index (χ2n) is 6.75. The van der Waals surface area contributed by atoms with Crippen LogP contribution in [0, 0.1) is 25.7 Å². The number of hydrogen-bond donors (Lipinski definition) is 2. The average molecular weight is 306 g/mol. The van der Waals surface area contributed by atoms with E-state index in [0.717, 1.165) is 26.2 Å². The Balaban J connectivity index is 1.99. The molecule has 4 nitrogen and oxygen atoms in total. The summed E-state index contributed by atoms with van der Waals surface area (Å²) in [5, 5.41) is 18.7. The van der Waals surface area contributed by atoms with E-state index >= 15 is 0 Å². The number of aliphatic hydroxyl groups is 2. The van der Waals surface area contributed by atoms with E-state index in [2.05, 4.69) is 41.8 Å². The first-order valence-electron chi connectivity index (χ1n) is 8.22. The van der Waals surface area contributed by atoms with Gasteiger partial charge in [0.05, 0.1) is 6.61 Å². The number of hydrogen-bond acceptors (Lipinski definition) is 4. The molecular formula is C18H30N2O2. The Kier molecular flexibility index (Phi) is 6.38. The molecule has 0 amide bonds. The molecule has 0 saturated carbocycles. The molecule has 0 aromatic heterocycles. The van der Waals surface area contributed by atoms with Gasteiger partial charge in [0.2, 0.25) is 0 Å². The lowest BCUT2D eigenvalue weighted by molar-refractivity contribution is 0.160. The highest BCUT2D eigenvalue weighted by Gasteiger charge is 2.33. The molecule has 0 spiro atoms. The third-order valence-corrected chi connectivity index (χ3v) is 4.94. The number of rotatable bonds is 7. The summed E-state index contributed by atoms with van der Waals surface area (Å²) in [4.78, 5) is 4.63. The fourth-order valence-electron chi connectivity index (χ4n) is 3.56. The lowest BCUT2D eigenvalue weighted by Gasteiger charge is -2.23. The van der Waals surface area contributed by atoms with E-state index in [1.165, 1.54) is 16.7 Å². The molecule has 2 N–H and O–H groups in total. The number of aliphatic hydroxyl groups excluding tert-OH is 2. The highest BCUT2D eigenvalue weighted by molar-refractivity contribution is 5.33. The van der Waals surface area contributed by atoms with Crippen molar-refractivity contribution in [2.24, 2.45) is 11.8 Å². The molecule has 124 valence electrons. The summed E-state index contributed by atoms with van der Waals surface area (Å²) < 4.78 is 0. The van der Waals surface area contributed by atoms with Gasteiger partial charge in [-0.15, -0.1) is 0 Å². The van der Waals surface area contributed by atoms with E-state index in [-0.39, 0.29) is 13.2 Å². The molecule has 0 aliphatic carbocycles. The standard InChI is InChI=1S/C18H30N2O2/c1-14-5-4-6-15(2)18(14)12-20-10-16(17(11-20)13-22)9-19(3)7-8-21/h4-6,16-17,21-22H,7-13H2,1-3H3/t16-,17-/m1/s1. The highest BCUT2D eigenvalue weighted by atomic mass is 16.3. The molecule has 1 aromatic carbocycles. The van der Waals surface area contributed by atoms with Crippen molar-refractivity contribution in [3.63, 3.8) is 0 Å². The number of benzene rings is 1. The van der Waals surface area contributed by atoms with Gasteiger partial charge in [-0.2, -0.15) is 0 Å². The lowest BCUT2D eigenvalue weighted by atomic mass is 9.96. The van der Waals surface area contributed by atoms with E-state index in [9.17, 15) is 5.11 Å².